The number of hydrogen-bond acceptors (Lipinski definition) is 3. The van der Waals surface area contributed by atoms with E-state index in [1.165, 1.54) is 5.56 Å². The molecule has 1 aromatic carbocycles. The highest BCUT2D eigenvalue weighted by Crippen LogP contribution is 2.24. The van der Waals surface area contributed by atoms with Crippen LogP contribution in [-0.4, -0.2) is 33.5 Å². The van der Waals surface area contributed by atoms with Crippen LogP contribution in [0.2, 0.25) is 0 Å². The molecule has 0 saturated heterocycles. The van der Waals surface area contributed by atoms with Crippen molar-refractivity contribution in [1.29, 1.82) is 0 Å². The molecular formula is C16H26O3. The highest BCUT2D eigenvalue weighted by atomic mass is 16.5. The van der Waals surface area contributed by atoms with Gasteiger partial charge in [0.25, 0.3) is 0 Å². The average molecular weight is 266 g/mol. The maximum absolute atomic E-state index is 5.67. The number of rotatable bonds is 8. The van der Waals surface area contributed by atoms with Gasteiger partial charge in [0, 0.05) is 20.1 Å². The van der Waals surface area contributed by atoms with Gasteiger partial charge in [0.2, 0.25) is 0 Å². The van der Waals surface area contributed by atoms with Gasteiger partial charge in [-0.25, -0.2) is 0 Å². The summed E-state index contributed by atoms with van der Waals surface area (Å²) >= 11 is 0. The molecule has 0 unspecified atom stereocenters. The minimum atomic E-state index is 0.188. The molecule has 1 aromatic rings. The first kappa shape index (κ1) is 16.0. The fourth-order valence-electron chi connectivity index (χ4n) is 1.65. The third-order valence-corrected chi connectivity index (χ3v) is 2.85. The van der Waals surface area contributed by atoms with E-state index in [1.807, 2.05) is 12.1 Å². The van der Waals surface area contributed by atoms with E-state index < -0.39 is 0 Å². The van der Waals surface area contributed by atoms with Crippen LogP contribution in [0.5, 0.6) is 5.75 Å². The van der Waals surface area contributed by atoms with E-state index in [1.54, 1.807) is 7.11 Å². The van der Waals surface area contributed by atoms with Gasteiger partial charge in [-0.1, -0.05) is 32.9 Å². The first-order chi connectivity index (χ1) is 9.04. The maximum atomic E-state index is 5.67. The minimum Gasteiger partial charge on any atom is -0.494 e. The van der Waals surface area contributed by atoms with E-state index >= 15 is 0 Å². The summed E-state index contributed by atoms with van der Waals surface area (Å²) in [7, 11) is 1.67. The lowest BCUT2D eigenvalue weighted by atomic mass is 9.87. The first-order valence-corrected chi connectivity index (χ1v) is 6.84. The van der Waals surface area contributed by atoms with E-state index in [2.05, 4.69) is 32.9 Å². The average Bonchev–Trinajstić information content (AvgIpc) is 2.37. The van der Waals surface area contributed by atoms with Crippen LogP contribution in [-0.2, 0) is 14.9 Å². The van der Waals surface area contributed by atoms with Gasteiger partial charge in [0.1, 0.15) is 5.75 Å². The van der Waals surface area contributed by atoms with E-state index in [0.29, 0.717) is 26.4 Å². The van der Waals surface area contributed by atoms with Crippen molar-refractivity contribution in [3.63, 3.8) is 0 Å². The van der Waals surface area contributed by atoms with Crippen molar-refractivity contribution >= 4 is 0 Å². The fraction of sp³-hybridized carbons (Fsp3) is 0.625. The van der Waals surface area contributed by atoms with Gasteiger partial charge < -0.3 is 14.2 Å². The van der Waals surface area contributed by atoms with Crippen molar-refractivity contribution in [2.24, 2.45) is 0 Å². The predicted molar refractivity (Wildman–Crippen MR) is 77.9 cm³/mol. The molecule has 0 aromatic heterocycles. The molecule has 0 spiro atoms. The van der Waals surface area contributed by atoms with Crippen LogP contribution in [0.3, 0.4) is 0 Å². The summed E-state index contributed by atoms with van der Waals surface area (Å²) in [5, 5.41) is 0. The van der Waals surface area contributed by atoms with E-state index in [4.69, 9.17) is 14.2 Å². The van der Waals surface area contributed by atoms with Crippen molar-refractivity contribution in [3.05, 3.63) is 29.8 Å². The fourth-order valence-corrected chi connectivity index (χ4v) is 1.65. The lowest BCUT2D eigenvalue weighted by Crippen LogP contribution is -2.10. The van der Waals surface area contributed by atoms with Crippen LogP contribution in [0.25, 0.3) is 0 Å². The van der Waals surface area contributed by atoms with Crippen LogP contribution in [0.15, 0.2) is 24.3 Å². The van der Waals surface area contributed by atoms with Crippen molar-refractivity contribution < 1.29 is 14.2 Å². The molecule has 0 aliphatic rings. The molecule has 3 heteroatoms. The van der Waals surface area contributed by atoms with Gasteiger partial charge in [-0.15, -0.1) is 0 Å². The molecular weight excluding hydrogens is 240 g/mol. The summed E-state index contributed by atoms with van der Waals surface area (Å²) in [5.74, 6) is 0.921. The zero-order chi connectivity index (χ0) is 14.1. The van der Waals surface area contributed by atoms with Crippen molar-refractivity contribution in [2.75, 3.05) is 33.5 Å². The highest BCUT2D eigenvalue weighted by molar-refractivity contribution is 5.31. The summed E-state index contributed by atoms with van der Waals surface area (Å²) < 4.78 is 15.9. The van der Waals surface area contributed by atoms with Crippen molar-refractivity contribution in [2.45, 2.75) is 32.6 Å². The summed E-state index contributed by atoms with van der Waals surface area (Å²) in [6.07, 6.45) is 0.894. The molecule has 0 aliphatic carbocycles. The SMILES string of the molecule is COCCOCCCOc1ccc(C(C)(C)C)cc1. The van der Waals surface area contributed by atoms with Crippen LogP contribution < -0.4 is 4.74 Å². The second kappa shape index (κ2) is 8.18. The number of methoxy groups -OCH3 is 1. The summed E-state index contributed by atoms with van der Waals surface area (Å²) in [4.78, 5) is 0. The molecule has 0 bridgehead atoms. The van der Waals surface area contributed by atoms with Gasteiger partial charge in [0.15, 0.2) is 0 Å². The Labute approximate surface area is 116 Å². The molecule has 0 saturated carbocycles. The van der Waals surface area contributed by atoms with E-state index in [0.717, 1.165) is 12.2 Å². The molecule has 0 fully saturated rings. The minimum absolute atomic E-state index is 0.188. The van der Waals surface area contributed by atoms with Gasteiger partial charge in [-0.05, 0) is 23.1 Å². The Kier molecular flexibility index (Phi) is 6.89. The molecule has 0 N–H and O–H groups in total. The Morgan fingerprint density at radius 2 is 1.58 bits per heavy atom. The van der Waals surface area contributed by atoms with Crippen molar-refractivity contribution in [3.8, 4) is 5.75 Å². The van der Waals surface area contributed by atoms with Gasteiger partial charge in [-0.3, -0.25) is 0 Å². The Balaban J connectivity index is 2.20. The normalized spacial score (nSPS) is 11.6. The third kappa shape index (κ3) is 6.60. The summed E-state index contributed by atoms with van der Waals surface area (Å²) in [6, 6.07) is 8.33. The van der Waals surface area contributed by atoms with Crippen LogP contribution in [0.4, 0.5) is 0 Å². The quantitative estimate of drug-likeness (QED) is 0.675. The van der Waals surface area contributed by atoms with Crippen LogP contribution >= 0.6 is 0 Å². The topological polar surface area (TPSA) is 27.7 Å². The highest BCUT2D eigenvalue weighted by Gasteiger charge is 2.12. The predicted octanol–water partition coefficient (Wildman–Crippen LogP) is 3.42. The van der Waals surface area contributed by atoms with E-state index in [-0.39, 0.29) is 5.41 Å². The van der Waals surface area contributed by atoms with Gasteiger partial charge in [0.05, 0.1) is 19.8 Å². The Morgan fingerprint density at radius 1 is 0.895 bits per heavy atom. The molecule has 1 rings (SSSR count). The van der Waals surface area contributed by atoms with Gasteiger partial charge >= 0.3 is 0 Å². The molecule has 0 aliphatic heterocycles. The van der Waals surface area contributed by atoms with Crippen molar-refractivity contribution in [1.82, 2.24) is 0 Å². The second-order valence-corrected chi connectivity index (χ2v) is 5.58. The standard InChI is InChI=1S/C16H26O3/c1-16(2,3)14-6-8-15(9-7-14)19-11-5-10-18-13-12-17-4/h6-9H,5,10-13H2,1-4H3. The molecule has 3 nitrogen and oxygen atoms in total. The molecule has 0 radical (unpaired) electrons. The maximum Gasteiger partial charge on any atom is 0.119 e. The van der Waals surface area contributed by atoms with Crippen LogP contribution in [0.1, 0.15) is 32.8 Å². The zero-order valence-electron chi connectivity index (χ0n) is 12.6. The smallest absolute Gasteiger partial charge is 0.119 e. The number of benzene rings is 1. The lowest BCUT2D eigenvalue weighted by molar-refractivity contribution is 0.0644. The lowest BCUT2D eigenvalue weighted by Gasteiger charge is -2.19. The Morgan fingerprint density at radius 3 is 2.16 bits per heavy atom. The monoisotopic (exact) mass is 266 g/mol. The van der Waals surface area contributed by atoms with E-state index in [9.17, 15) is 0 Å². The summed E-state index contributed by atoms with van der Waals surface area (Å²) in [6.45, 7) is 9.32. The van der Waals surface area contributed by atoms with Gasteiger partial charge in [-0.2, -0.15) is 0 Å². The second-order valence-electron chi connectivity index (χ2n) is 5.58. The number of hydrogen-bond donors (Lipinski definition) is 0. The zero-order valence-corrected chi connectivity index (χ0v) is 12.6. The summed E-state index contributed by atoms with van der Waals surface area (Å²) in [5.41, 5.74) is 1.51. The molecule has 0 amide bonds. The number of ether oxygens (including phenoxy) is 3. The Bertz CT molecular complexity index is 338. The first-order valence-electron chi connectivity index (χ1n) is 6.84. The third-order valence-electron chi connectivity index (χ3n) is 2.85. The largest absolute Gasteiger partial charge is 0.494 e. The Hall–Kier alpha value is -1.06. The molecule has 108 valence electrons. The molecule has 19 heavy (non-hydrogen) atoms. The van der Waals surface area contributed by atoms with Crippen LogP contribution in [0, 0.1) is 0 Å². The molecule has 0 heterocycles. The molecule has 0 atom stereocenters.